The molecule has 0 amide bonds. The fourth-order valence-corrected chi connectivity index (χ4v) is 4.94. The number of fused-ring (bicyclic) bond motifs is 1. The van der Waals surface area contributed by atoms with E-state index in [1.165, 1.54) is 11.1 Å². The molecule has 1 atom stereocenters. The summed E-state index contributed by atoms with van der Waals surface area (Å²) in [6.07, 6.45) is 3.12. The van der Waals surface area contributed by atoms with Gasteiger partial charge in [0.2, 0.25) is 0 Å². The van der Waals surface area contributed by atoms with Gasteiger partial charge in [-0.05, 0) is 72.2 Å². The summed E-state index contributed by atoms with van der Waals surface area (Å²) in [4.78, 5) is 18.4. The smallest absolute Gasteiger partial charge is 0.252 e. The van der Waals surface area contributed by atoms with Gasteiger partial charge in [0.15, 0.2) is 5.82 Å². The molecular formula is C27H32N6O2. The summed E-state index contributed by atoms with van der Waals surface area (Å²) in [6.45, 7) is 7.39. The lowest BCUT2D eigenvalue weighted by Crippen LogP contribution is -2.34. The zero-order chi connectivity index (χ0) is 24.2. The Morgan fingerprint density at radius 2 is 2.00 bits per heavy atom. The van der Waals surface area contributed by atoms with E-state index in [-0.39, 0.29) is 11.7 Å². The molecule has 0 bridgehead atoms. The number of tetrazole rings is 1. The predicted octanol–water partition coefficient (Wildman–Crippen LogP) is 3.56. The first-order chi connectivity index (χ1) is 17.0. The lowest BCUT2D eigenvalue weighted by atomic mass is 10.0. The van der Waals surface area contributed by atoms with Crippen LogP contribution in [0.2, 0.25) is 0 Å². The Kier molecular flexibility index (Phi) is 7.01. The summed E-state index contributed by atoms with van der Waals surface area (Å²) in [7, 11) is 0. The number of nitrogens with one attached hydrogen (secondary N) is 1. The lowest BCUT2D eigenvalue weighted by molar-refractivity contribution is 0.0663. The lowest BCUT2D eigenvalue weighted by Gasteiger charge is -2.24. The Labute approximate surface area is 204 Å². The Balaban J connectivity index is 1.37. The van der Waals surface area contributed by atoms with Gasteiger partial charge in [-0.3, -0.25) is 9.69 Å². The van der Waals surface area contributed by atoms with E-state index in [9.17, 15) is 4.79 Å². The minimum atomic E-state index is -0.0505. The first kappa shape index (κ1) is 23.4. The number of ether oxygens (including phenoxy) is 1. The SMILES string of the molecule is Cc1cc(C)c2[nH]c(=O)c(CN(Cc3nnnn3CCc3ccccc3)CC3CCCO3)cc2c1. The Bertz CT molecular complexity index is 1340. The van der Waals surface area contributed by atoms with Crippen molar-refractivity contribution in [3.8, 4) is 0 Å². The second-order valence-electron chi connectivity index (χ2n) is 9.53. The van der Waals surface area contributed by atoms with Gasteiger partial charge in [-0.2, -0.15) is 0 Å². The maximum Gasteiger partial charge on any atom is 0.252 e. The van der Waals surface area contributed by atoms with Crippen LogP contribution in [0.5, 0.6) is 0 Å². The highest BCUT2D eigenvalue weighted by molar-refractivity contribution is 5.82. The van der Waals surface area contributed by atoms with Gasteiger partial charge in [0, 0.05) is 31.8 Å². The fourth-order valence-electron chi connectivity index (χ4n) is 4.94. The predicted molar refractivity (Wildman–Crippen MR) is 135 cm³/mol. The summed E-state index contributed by atoms with van der Waals surface area (Å²) in [5.74, 6) is 0.794. The van der Waals surface area contributed by atoms with Crippen LogP contribution in [0.4, 0.5) is 0 Å². The molecule has 1 saturated heterocycles. The highest BCUT2D eigenvalue weighted by Gasteiger charge is 2.22. The third-order valence-corrected chi connectivity index (χ3v) is 6.68. The molecule has 3 heterocycles. The number of aromatic nitrogens is 5. The van der Waals surface area contributed by atoms with Crippen LogP contribution in [0.3, 0.4) is 0 Å². The number of hydrogen-bond donors (Lipinski definition) is 1. The average Bonchev–Trinajstić information content (AvgIpc) is 3.51. The van der Waals surface area contributed by atoms with E-state index in [0.717, 1.165) is 60.3 Å². The summed E-state index contributed by atoms with van der Waals surface area (Å²) < 4.78 is 7.79. The van der Waals surface area contributed by atoms with Crippen LogP contribution in [-0.4, -0.2) is 49.3 Å². The zero-order valence-electron chi connectivity index (χ0n) is 20.4. The third-order valence-electron chi connectivity index (χ3n) is 6.68. The van der Waals surface area contributed by atoms with Gasteiger partial charge in [0.1, 0.15) is 0 Å². The van der Waals surface area contributed by atoms with Crippen molar-refractivity contribution < 1.29 is 4.74 Å². The van der Waals surface area contributed by atoms with Crippen LogP contribution in [0.25, 0.3) is 10.9 Å². The highest BCUT2D eigenvalue weighted by atomic mass is 16.5. The van der Waals surface area contributed by atoms with E-state index >= 15 is 0 Å². The molecule has 2 aromatic carbocycles. The van der Waals surface area contributed by atoms with Crippen LogP contribution in [-0.2, 0) is 30.8 Å². The van der Waals surface area contributed by atoms with E-state index in [4.69, 9.17) is 4.74 Å². The number of benzene rings is 2. The molecule has 2 aromatic heterocycles. The topological polar surface area (TPSA) is 88.9 Å². The van der Waals surface area contributed by atoms with Gasteiger partial charge < -0.3 is 9.72 Å². The Hall–Kier alpha value is -3.36. The Morgan fingerprint density at radius 3 is 2.80 bits per heavy atom. The molecule has 0 spiro atoms. The number of H-pyrrole nitrogens is 1. The molecule has 1 unspecified atom stereocenters. The molecule has 1 N–H and O–H groups in total. The first-order valence-electron chi connectivity index (χ1n) is 12.3. The van der Waals surface area contributed by atoms with E-state index in [2.05, 4.69) is 56.6 Å². The third kappa shape index (κ3) is 5.66. The minimum Gasteiger partial charge on any atom is -0.377 e. The maximum absolute atomic E-state index is 13.0. The number of hydrogen-bond acceptors (Lipinski definition) is 6. The van der Waals surface area contributed by atoms with E-state index in [0.29, 0.717) is 19.6 Å². The molecule has 1 aliphatic heterocycles. The largest absolute Gasteiger partial charge is 0.377 e. The van der Waals surface area contributed by atoms with Crippen LogP contribution in [0.15, 0.2) is 53.3 Å². The molecule has 5 rings (SSSR count). The summed E-state index contributed by atoms with van der Waals surface area (Å²) in [6, 6.07) is 16.6. The van der Waals surface area contributed by atoms with E-state index in [1.807, 2.05) is 35.9 Å². The molecule has 8 heteroatoms. The minimum absolute atomic E-state index is 0.0505. The van der Waals surface area contributed by atoms with Gasteiger partial charge >= 0.3 is 0 Å². The second-order valence-corrected chi connectivity index (χ2v) is 9.53. The standard InChI is InChI=1S/C27H32N6O2/c1-19-13-20(2)26-22(14-19)15-23(27(34)28-26)16-32(17-24-9-6-12-35-24)18-25-29-30-31-33(25)11-10-21-7-4-3-5-8-21/h3-5,7-8,13-15,24H,6,9-12,16-18H2,1-2H3,(H,28,34). The van der Waals surface area contributed by atoms with Crippen molar-refractivity contribution in [1.82, 2.24) is 30.1 Å². The number of aryl methyl sites for hydroxylation is 4. The quantitative estimate of drug-likeness (QED) is 0.401. The van der Waals surface area contributed by atoms with E-state index in [1.54, 1.807) is 0 Å². The number of nitrogens with zero attached hydrogens (tertiary/aromatic N) is 5. The molecule has 182 valence electrons. The summed E-state index contributed by atoms with van der Waals surface area (Å²) in [5, 5.41) is 13.5. The molecule has 1 aliphatic rings. The van der Waals surface area contributed by atoms with Crippen molar-refractivity contribution in [3.63, 3.8) is 0 Å². The molecule has 0 aliphatic carbocycles. The molecule has 0 saturated carbocycles. The molecule has 0 radical (unpaired) electrons. The van der Waals surface area contributed by atoms with Gasteiger partial charge in [0.25, 0.3) is 5.56 Å². The monoisotopic (exact) mass is 472 g/mol. The maximum atomic E-state index is 13.0. The molecular weight excluding hydrogens is 440 g/mol. The number of aromatic amines is 1. The Morgan fingerprint density at radius 1 is 1.14 bits per heavy atom. The fraction of sp³-hybridized carbons (Fsp3) is 0.407. The van der Waals surface area contributed by atoms with Crippen molar-refractivity contribution in [2.24, 2.45) is 0 Å². The summed E-state index contributed by atoms with van der Waals surface area (Å²) >= 11 is 0. The van der Waals surface area contributed by atoms with Crippen LogP contribution >= 0.6 is 0 Å². The van der Waals surface area contributed by atoms with Crippen molar-refractivity contribution in [2.75, 3.05) is 13.2 Å². The molecule has 8 nitrogen and oxygen atoms in total. The normalized spacial score (nSPS) is 15.9. The average molecular weight is 473 g/mol. The van der Waals surface area contributed by atoms with E-state index < -0.39 is 0 Å². The summed E-state index contributed by atoms with van der Waals surface area (Å²) in [5.41, 5.74) is 5.10. The second kappa shape index (κ2) is 10.5. The van der Waals surface area contributed by atoms with Crippen molar-refractivity contribution >= 4 is 10.9 Å². The van der Waals surface area contributed by atoms with Crippen LogP contribution < -0.4 is 5.56 Å². The van der Waals surface area contributed by atoms with Crippen LogP contribution in [0, 0.1) is 13.8 Å². The van der Waals surface area contributed by atoms with Crippen LogP contribution in [0.1, 0.15) is 40.9 Å². The molecule has 4 aromatic rings. The highest BCUT2D eigenvalue weighted by Crippen LogP contribution is 2.20. The number of rotatable bonds is 9. The first-order valence-corrected chi connectivity index (χ1v) is 12.3. The van der Waals surface area contributed by atoms with Gasteiger partial charge in [-0.15, -0.1) is 5.10 Å². The molecule has 35 heavy (non-hydrogen) atoms. The van der Waals surface area contributed by atoms with Crippen molar-refractivity contribution in [2.45, 2.75) is 58.8 Å². The number of pyridine rings is 1. The van der Waals surface area contributed by atoms with Gasteiger partial charge in [0.05, 0.1) is 18.2 Å². The van der Waals surface area contributed by atoms with Gasteiger partial charge in [-0.1, -0.05) is 42.0 Å². The van der Waals surface area contributed by atoms with Crippen molar-refractivity contribution in [3.05, 3.63) is 87.0 Å². The van der Waals surface area contributed by atoms with Crippen molar-refractivity contribution in [1.29, 1.82) is 0 Å². The zero-order valence-corrected chi connectivity index (χ0v) is 20.4. The van der Waals surface area contributed by atoms with Gasteiger partial charge in [-0.25, -0.2) is 4.68 Å². The molecule has 1 fully saturated rings.